The fraction of sp³-hybridized carbons (Fsp3) is 0.208. The number of thioether (sulfide) groups is 1. The summed E-state index contributed by atoms with van der Waals surface area (Å²) in [4.78, 5) is 14.5. The summed E-state index contributed by atoms with van der Waals surface area (Å²) in [7, 11) is 0. The van der Waals surface area contributed by atoms with Crippen molar-refractivity contribution in [3.05, 3.63) is 95.6 Å². The molecule has 1 saturated heterocycles. The lowest BCUT2D eigenvalue weighted by Crippen LogP contribution is -2.34. The average molecular weight is 459 g/mol. The normalized spacial score (nSPS) is 16.1. The maximum absolute atomic E-state index is 13.0. The smallest absolute Gasteiger partial charge is 0.416 e. The Morgan fingerprint density at radius 1 is 1.03 bits per heavy atom. The molecule has 1 fully saturated rings. The minimum Gasteiger partial charge on any atom is -0.489 e. The zero-order chi connectivity index (χ0) is 22.6. The third kappa shape index (κ3) is 5.37. The predicted octanol–water partition coefficient (Wildman–Crippen LogP) is 6.56. The molecule has 8 heteroatoms. The van der Waals surface area contributed by atoms with Crippen LogP contribution in [0.1, 0.15) is 22.1 Å². The number of rotatable bonds is 5. The van der Waals surface area contributed by atoms with Crippen LogP contribution in [0.2, 0.25) is 0 Å². The van der Waals surface area contributed by atoms with E-state index in [4.69, 9.17) is 4.74 Å². The molecule has 1 atom stereocenters. The van der Waals surface area contributed by atoms with E-state index in [9.17, 15) is 18.0 Å². The van der Waals surface area contributed by atoms with Crippen LogP contribution >= 0.6 is 11.8 Å². The summed E-state index contributed by atoms with van der Waals surface area (Å²) in [6.45, 7) is 0.928. The molecule has 0 saturated carbocycles. The summed E-state index contributed by atoms with van der Waals surface area (Å²) in [5, 5.41) is 2.35. The molecule has 0 bridgehead atoms. The molecule has 4 rings (SSSR count). The first kappa shape index (κ1) is 22.1. The molecule has 1 heterocycles. The van der Waals surface area contributed by atoms with Crippen molar-refractivity contribution >= 4 is 23.5 Å². The minimum absolute atomic E-state index is 0.112. The van der Waals surface area contributed by atoms with Gasteiger partial charge in [0.05, 0.1) is 5.56 Å². The number of nitrogens with one attached hydrogen (secondary N) is 1. The number of ether oxygens (including phenoxy) is 1. The van der Waals surface area contributed by atoms with Crippen LogP contribution in [-0.4, -0.2) is 23.2 Å². The highest BCUT2D eigenvalue weighted by molar-refractivity contribution is 7.99. The Morgan fingerprint density at radius 2 is 1.81 bits per heavy atom. The van der Waals surface area contributed by atoms with Gasteiger partial charge in [-0.2, -0.15) is 13.2 Å². The van der Waals surface area contributed by atoms with Crippen LogP contribution in [0.15, 0.2) is 78.9 Å². The number of amides is 2. The van der Waals surface area contributed by atoms with Gasteiger partial charge in [0.15, 0.2) is 0 Å². The first-order valence-corrected chi connectivity index (χ1v) is 11.1. The molecule has 166 valence electrons. The number of alkyl halides is 3. The molecule has 32 heavy (non-hydrogen) atoms. The zero-order valence-electron chi connectivity index (χ0n) is 17.0. The second kappa shape index (κ2) is 9.56. The number of anilines is 1. The second-order valence-electron chi connectivity index (χ2n) is 7.27. The first-order valence-electron chi connectivity index (χ1n) is 10.0. The summed E-state index contributed by atoms with van der Waals surface area (Å²) in [6, 6.07) is 21.6. The van der Waals surface area contributed by atoms with Crippen molar-refractivity contribution in [2.75, 3.05) is 17.6 Å². The van der Waals surface area contributed by atoms with Crippen LogP contribution in [-0.2, 0) is 12.8 Å². The van der Waals surface area contributed by atoms with Crippen molar-refractivity contribution in [1.29, 1.82) is 0 Å². The lowest BCUT2D eigenvalue weighted by molar-refractivity contribution is -0.137. The third-order valence-corrected chi connectivity index (χ3v) is 6.25. The van der Waals surface area contributed by atoms with E-state index in [-0.39, 0.29) is 11.1 Å². The Labute approximate surface area is 188 Å². The molecule has 4 nitrogen and oxygen atoms in total. The lowest BCUT2D eigenvalue weighted by Gasteiger charge is -2.25. The maximum atomic E-state index is 13.0. The molecule has 0 aromatic heterocycles. The zero-order valence-corrected chi connectivity index (χ0v) is 17.8. The van der Waals surface area contributed by atoms with Crippen LogP contribution in [0.4, 0.5) is 23.7 Å². The molecule has 1 N–H and O–H groups in total. The van der Waals surface area contributed by atoms with E-state index in [1.165, 1.54) is 12.1 Å². The third-order valence-electron chi connectivity index (χ3n) is 4.98. The molecule has 1 aliphatic rings. The van der Waals surface area contributed by atoms with Gasteiger partial charge in [-0.3, -0.25) is 0 Å². The SMILES string of the molecule is O=C(Nc1cccc(C(F)(F)F)c1)N1CCSC1c1cccc(OCc2ccccc2)c1. The van der Waals surface area contributed by atoms with Gasteiger partial charge in [-0.25, -0.2) is 4.79 Å². The number of halogens is 3. The van der Waals surface area contributed by atoms with Gasteiger partial charge in [0.2, 0.25) is 0 Å². The molecule has 0 aliphatic carbocycles. The van der Waals surface area contributed by atoms with Crippen molar-refractivity contribution in [2.24, 2.45) is 0 Å². The highest BCUT2D eigenvalue weighted by Crippen LogP contribution is 2.39. The predicted molar refractivity (Wildman–Crippen MR) is 120 cm³/mol. The number of urea groups is 1. The highest BCUT2D eigenvalue weighted by Gasteiger charge is 2.33. The molecule has 1 unspecified atom stereocenters. The largest absolute Gasteiger partial charge is 0.489 e. The number of hydrogen-bond acceptors (Lipinski definition) is 3. The molecule has 3 aromatic rings. The van der Waals surface area contributed by atoms with E-state index < -0.39 is 17.8 Å². The quantitative estimate of drug-likeness (QED) is 0.471. The van der Waals surface area contributed by atoms with E-state index in [0.29, 0.717) is 18.9 Å². The Morgan fingerprint density at radius 3 is 2.59 bits per heavy atom. The Hall–Kier alpha value is -3.13. The molecular formula is C24H21F3N2O2S. The van der Waals surface area contributed by atoms with E-state index in [1.54, 1.807) is 16.7 Å². The van der Waals surface area contributed by atoms with Crippen molar-refractivity contribution in [1.82, 2.24) is 4.90 Å². The maximum Gasteiger partial charge on any atom is 0.416 e. The van der Waals surface area contributed by atoms with Gasteiger partial charge in [0.25, 0.3) is 0 Å². The summed E-state index contributed by atoms with van der Waals surface area (Å²) in [5.74, 6) is 1.42. The van der Waals surface area contributed by atoms with Crippen LogP contribution in [0, 0.1) is 0 Å². The summed E-state index contributed by atoms with van der Waals surface area (Å²) in [5.41, 5.74) is 1.26. The number of benzene rings is 3. The van der Waals surface area contributed by atoms with Gasteiger partial charge in [-0.05, 0) is 41.5 Å². The van der Waals surface area contributed by atoms with Gasteiger partial charge < -0.3 is 15.0 Å². The van der Waals surface area contributed by atoms with Crippen molar-refractivity contribution in [3.8, 4) is 5.75 Å². The second-order valence-corrected chi connectivity index (χ2v) is 8.46. The first-order chi connectivity index (χ1) is 15.4. The van der Waals surface area contributed by atoms with E-state index in [0.717, 1.165) is 29.0 Å². The Bertz CT molecular complexity index is 1080. The van der Waals surface area contributed by atoms with Crippen LogP contribution in [0.3, 0.4) is 0 Å². The van der Waals surface area contributed by atoms with E-state index in [1.807, 2.05) is 54.6 Å². The number of hydrogen-bond donors (Lipinski definition) is 1. The fourth-order valence-electron chi connectivity index (χ4n) is 3.42. The molecule has 0 radical (unpaired) electrons. The molecular weight excluding hydrogens is 437 g/mol. The summed E-state index contributed by atoms with van der Waals surface area (Å²) >= 11 is 1.60. The van der Waals surface area contributed by atoms with Gasteiger partial charge in [-0.1, -0.05) is 48.5 Å². The van der Waals surface area contributed by atoms with Crippen LogP contribution in [0.5, 0.6) is 5.75 Å². The van der Waals surface area contributed by atoms with Gasteiger partial charge in [-0.15, -0.1) is 11.8 Å². The summed E-state index contributed by atoms with van der Waals surface area (Å²) < 4.78 is 44.8. The number of carbonyl (C=O) groups is 1. The van der Waals surface area contributed by atoms with E-state index >= 15 is 0 Å². The monoisotopic (exact) mass is 458 g/mol. The van der Waals surface area contributed by atoms with Gasteiger partial charge in [0.1, 0.15) is 17.7 Å². The number of carbonyl (C=O) groups excluding carboxylic acids is 1. The molecule has 0 spiro atoms. The fourth-order valence-corrected chi connectivity index (χ4v) is 4.67. The molecule has 2 amide bonds. The van der Waals surface area contributed by atoms with Gasteiger partial charge >= 0.3 is 12.2 Å². The Kier molecular flexibility index (Phi) is 6.60. The van der Waals surface area contributed by atoms with Crippen molar-refractivity contribution in [3.63, 3.8) is 0 Å². The highest BCUT2D eigenvalue weighted by atomic mass is 32.2. The van der Waals surface area contributed by atoms with E-state index in [2.05, 4.69) is 5.32 Å². The minimum atomic E-state index is -4.47. The number of nitrogens with zero attached hydrogens (tertiary/aromatic N) is 1. The summed E-state index contributed by atoms with van der Waals surface area (Å²) in [6.07, 6.45) is -4.47. The van der Waals surface area contributed by atoms with Crippen molar-refractivity contribution in [2.45, 2.75) is 18.2 Å². The molecule has 1 aliphatic heterocycles. The molecule has 3 aromatic carbocycles. The van der Waals surface area contributed by atoms with Crippen LogP contribution in [0.25, 0.3) is 0 Å². The van der Waals surface area contributed by atoms with Crippen molar-refractivity contribution < 1.29 is 22.7 Å². The topological polar surface area (TPSA) is 41.6 Å². The van der Waals surface area contributed by atoms with Crippen LogP contribution < -0.4 is 10.1 Å². The Balaban J connectivity index is 1.45. The average Bonchev–Trinajstić information content (AvgIpc) is 3.29. The van der Waals surface area contributed by atoms with Gasteiger partial charge in [0, 0.05) is 18.0 Å². The standard InChI is InChI=1S/C24H21F3N2O2S/c25-24(26,27)19-9-5-10-20(15-19)28-23(30)29-12-13-32-22(29)18-8-4-11-21(14-18)31-16-17-6-2-1-3-7-17/h1-11,14-15,22H,12-13,16H2,(H,28,30). The lowest BCUT2D eigenvalue weighted by atomic mass is 10.2.